The summed E-state index contributed by atoms with van der Waals surface area (Å²) in [6.45, 7) is 13.2. The van der Waals surface area contributed by atoms with Gasteiger partial charge in [0.25, 0.3) is 0 Å². The molecule has 0 radical (unpaired) electrons. The van der Waals surface area contributed by atoms with E-state index in [0.717, 1.165) is 19.6 Å². The van der Waals surface area contributed by atoms with Crippen LogP contribution in [-0.2, 0) is 19.6 Å². The summed E-state index contributed by atoms with van der Waals surface area (Å²) in [5.41, 5.74) is 5.38. The number of phenols is 2. The number of fused-ring (bicyclic) bond motifs is 1. The average Bonchev–Trinajstić information content (AvgIpc) is 3.17. The number of Topliss-reactive ketones (excluding diaryl/α,β-unsaturated/α-hetero) is 1. The number of phenolic OH excluding ortho intramolecular Hbond substituents is 2. The first-order chi connectivity index (χ1) is 14.7. The standard InChI is InChI=1S/C14H21N3.C11H14O3/c1-16-4-6-17(7-5-16)11-12-2-3-13-9-15-10-14(13)8-12;1-6(2)8-4-9(7(3)12)11(14)5-10(8)13/h2-3,8,15H,4-7,9-11H2,1H3;4-6,13-14H,1-3H3. The molecule has 6 nitrogen and oxygen atoms in total. The molecule has 1 fully saturated rings. The van der Waals surface area contributed by atoms with Crippen LogP contribution in [0.3, 0.4) is 0 Å². The third-order valence-corrected chi connectivity index (χ3v) is 6.05. The highest BCUT2D eigenvalue weighted by atomic mass is 16.3. The zero-order valence-corrected chi connectivity index (χ0v) is 19.1. The molecule has 0 aliphatic carbocycles. The van der Waals surface area contributed by atoms with E-state index in [-0.39, 0.29) is 28.8 Å². The minimum Gasteiger partial charge on any atom is -0.508 e. The van der Waals surface area contributed by atoms with Crippen LogP contribution in [0.1, 0.15) is 59.3 Å². The predicted octanol–water partition coefficient (Wildman–Crippen LogP) is 3.46. The van der Waals surface area contributed by atoms with E-state index in [2.05, 4.69) is 40.4 Å². The third kappa shape index (κ3) is 6.06. The van der Waals surface area contributed by atoms with Gasteiger partial charge in [-0.1, -0.05) is 32.0 Å². The molecule has 4 rings (SSSR count). The van der Waals surface area contributed by atoms with Gasteiger partial charge in [0.1, 0.15) is 11.5 Å². The number of hydrogen-bond donors (Lipinski definition) is 3. The van der Waals surface area contributed by atoms with Crippen molar-refractivity contribution in [3.8, 4) is 11.5 Å². The number of piperazine rings is 1. The van der Waals surface area contributed by atoms with E-state index < -0.39 is 0 Å². The number of nitrogens with zero attached hydrogens (tertiary/aromatic N) is 2. The molecule has 0 amide bonds. The molecule has 168 valence electrons. The number of nitrogens with one attached hydrogen (secondary N) is 1. The molecule has 2 aromatic rings. The lowest BCUT2D eigenvalue weighted by molar-refractivity contribution is 0.101. The van der Waals surface area contributed by atoms with Crippen molar-refractivity contribution < 1.29 is 15.0 Å². The number of rotatable bonds is 4. The molecule has 2 aliphatic heterocycles. The molecule has 31 heavy (non-hydrogen) atoms. The fourth-order valence-electron chi connectivity index (χ4n) is 4.05. The number of hydrogen-bond acceptors (Lipinski definition) is 6. The molecule has 0 aromatic heterocycles. The van der Waals surface area contributed by atoms with Gasteiger partial charge in [0, 0.05) is 51.9 Å². The molecule has 2 aliphatic rings. The van der Waals surface area contributed by atoms with Crippen LogP contribution in [0.15, 0.2) is 30.3 Å². The maximum Gasteiger partial charge on any atom is 0.163 e. The number of carbonyl (C=O) groups excluding carboxylic acids is 1. The summed E-state index contributed by atoms with van der Waals surface area (Å²) >= 11 is 0. The number of carbonyl (C=O) groups is 1. The van der Waals surface area contributed by atoms with Gasteiger partial charge in [-0.3, -0.25) is 9.69 Å². The number of likely N-dealkylation sites (N-methyl/N-ethyl adjacent to an activating group) is 1. The van der Waals surface area contributed by atoms with Gasteiger partial charge in [-0.15, -0.1) is 0 Å². The summed E-state index contributed by atoms with van der Waals surface area (Å²) in [7, 11) is 2.21. The van der Waals surface area contributed by atoms with Crippen molar-refractivity contribution in [2.75, 3.05) is 33.2 Å². The molecule has 0 unspecified atom stereocenters. The fourth-order valence-corrected chi connectivity index (χ4v) is 4.05. The predicted molar refractivity (Wildman–Crippen MR) is 124 cm³/mol. The van der Waals surface area contributed by atoms with Crippen LogP contribution in [0, 0.1) is 0 Å². The second kappa shape index (κ2) is 10.3. The summed E-state index contributed by atoms with van der Waals surface area (Å²) in [4.78, 5) is 16.1. The Morgan fingerprint density at radius 3 is 2.32 bits per heavy atom. The maximum atomic E-state index is 11.1. The summed E-state index contributed by atoms with van der Waals surface area (Å²) < 4.78 is 0. The van der Waals surface area contributed by atoms with E-state index in [1.54, 1.807) is 0 Å². The van der Waals surface area contributed by atoms with E-state index in [0.29, 0.717) is 5.56 Å². The van der Waals surface area contributed by atoms with Crippen LogP contribution in [0.4, 0.5) is 0 Å². The topological polar surface area (TPSA) is 76.0 Å². The quantitative estimate of drug-likeness (QED) is 0.652. The number of ketones is 1. The molecule has 2 heterocycles. The average molecular weight is 426 g/mol. The van der Waals surface area contributed by atoms with Crippen LogP contribution in [-0.4, -0.2) is 59.0 Å². The highest BCUT2D eigenvalue weighted by Crippen LogP contribution is 2.32. The molecular weight excluding hydrogens is 390 g/mol. The first-order valence-electron chi connectivity index (χ1n) is 11.0. The summed E-state index contributed by atoms with van der Waals surface area (Å²) in [6.07, 6.45) is 0. The third-order valence-electron chi connectivity index (χ3n) is 6.05. The van der Waals surface area contributed by atoms with Gasteiger partial charge in [-0.25, -0.2) is 0 Å². The van der Waals surface area contributed by atoms with Crippen molar-refractivity contribution in [3.63, 3.8) is 0 Å². The van der Waals surface area contributed by atoms with Crippen molar-refractivity contribution in [1.82, 2.24) is 15.1 Å². The first-order valence-corrected chi connectivity index (χ1v) is 11.0. The Hall–Kier alpha value is -2.41. The lowest BCUT2D eigenvalue weighted by Gasteiger charge is -2.32. The second-order valence-corrected chi connectivity index (χ2v) is 8.93. The van der Waals surface area contributed by atoms with Crippen molar-refractivity contribution in [2.45, 2.75) is 46.3 Å². The Bertz CT molecular complexity index is 918. The Kier molecular flexibility index (Phi) is 7.70. The lowest BCUT2D eigenvalue weighted by atomic mass is 9.97. The minimum absolute atomic E-state index is 0.0301. The molecule has 0 bridgehead atoms. The maximum absolute atomic E-state index is 11.1. The van der Waals surface area contributed by atoms with Crippen LogP contribution < -0.4 is 5.32 Å². The fraction of sp³-hybridized carbons (Fsp3) is 0.480. The van der Waals surface area contributed by atoms with Gasteiger partial charge >= 0.3 is 0 Å². The normalized spacial score (nSPS) is 16.7. The van der Waals surface area contributed by atoms with Crippen LogP contribution in [0.5, 0.6) is 11.5 Å². The van der Waals surface area contributed by atoms with Gasteiger partial charge in [-0.05, 0) is 48.2 Å². The summed E-state index contributed by atoms with van der Waals surface area (Å²) in [5, 5.41) is 22.3. The monoisotopic (exact) mass is 425 g/mol. The van der Waals surface area contributed by atoms with Gasteiger partial charge in [-0.2, -0.15) is 0 Å². The zero-order valence-electron chi connectivity index (χ0n) is 19.1. The highest BCUT2D eigenvalue weighted by molar-refractivity contribution is 5.97. The van der Waals surface area contributed by atoms with Crippen molar-refractivity contribution in [3.05, 3.63) is 58.1 Å². The largest absolute Gasteiger partial charge is 0.508 e. The summed E-state index contributed by atoms with van der Waals surface area (Å²) in [5.74, 6) is -0.222. The number of benzene rings is 2. The van der Waals surface area contributed by atoms with E-state index >= 15 is 0 Å². The SMILES string of the molecule is CC(=O)c1cc(C(C)C)c(O)cc1O.CN1CCN(Cc2ccc3c(c2)CNC3)CC1. The van der Waals surface area contributed by atoms with Gasteiger partial charge in [0.2, 0.25) is 0 Å². The van der Waals surface area contributed by atoms with Crippen molar-refractivity contribution in [2.24, 2.45) is 0 Å². The van der Waals surface area contributed by atoms with Crippen LogP contribution in [0.25, 0.3) is 0 Å². The van der Waals surface area contributed by atoms with Gasteiger partial charge in [0.15, 0.2) is 5.78 Å². The molecule has 0 spiro atoms. The molecule has 6 heteroatoms. The van der Waals surface area contributed by atoms with Crippen LogP contribution >= 0.6 is 0 Å². The lowest BCUT2D eigenvalue weighted by Crippen LogP contribution is -2.43. The molecule has 2 aromatic carbocycles. The molecule has 1 saturated heterocycles. The minimum atomic E-state index is -0.204. The van der Waals surface area contributed by atoms with Crippen molar-refractivity contribution in [1.29, 1.82) is 0 Å². The first kappa shape index (κ1) is 23.3. The van der Waals surface area contributed by atoms with Gasteiger partial charge in [0.05, 0.1) is 5.56 Å². The Labute approximate surface area is 185 Å². The Balaban J connectivity index is 0.000000180. The van der Waals surface area contributed by atoms with Gasteiger partial charge < -0.3 is 20.4 Å². The van der Waals surface area contributed by atoms with Crippen LogP contribution in [0.2, 0.25) is 0 Å². The molecular formula is C25H35N3O3. The van der Waals surface area contributed by atoms with Crippen molar-refractivity contribution >= 4 is 5.78 Å². The van der Waals surface area contributed by atoms with E-state index in [4.69, 9.17) is 0 Å². The number of aromatic hydroxyl groups is 2. The molecule has 3 N–H and O–H groups in total. The smallest absolute Gasteiger partial charge is 0.163 e. The zero-order chi connectivity index (χ0) is 22.5. The second-order valence-electron chi connectivity index (χ2n) is 8.93. The highest BCUT2D eigenvalue weighted by Gasteiger charge is 2.16. The summed E-state index contributed by atoms with van der Waals surface area (Å²) in [6, 6.07) is 9.72. The van der Waals surface area contributed by atoms with E-state index in [1.165, 1.54) is 61.9 Å². The Morgan fingerprint density at radius 1 is 1.00 bits per heavy atom. The Morgan fingerprint density at radius 2 is 1.68 bits per heavy atom. The molecule has 0 atom stereocenters. The van der Waals surface area contributed by atoms with E-state index in [1.807, 2.05) is 13.8 Å². The van der Waals surface area contributed by atoms with E-state index in [9.17, 15) is 15.0 Å². The molecule has 0 saturated carbocycles.